The minimum atomic E-state index is 0.294. The van der Waals surface area contributed by atoms with Crippen LogP contribution in [0.25, 0.3) is 0 Å². The molecule has 1 saturated carbocycles. The number of amides is 1. The third kappa shape index (κ3) is 3.00. The minimum Gasteiger partial charge on any atom is -0.370 e. The number of rotatable bonds is 3. The van der Waals surface area contributed by atoms with E-state index >= 15 is 0 Å². The molecule has 0 atom stereocenters. The molecule has 1 saturated heterocycles. The van der Waals surface area contributed by atoms with Crippen LogP contribution in [0.5, 0.6) is 0 Å². The molecule has 0 bridgehead atoms. The summed E-state index contributed by atoms with van der Waals surface area (Å²) >= 11 is 6.21. The summed E-state index contributed by atoms with van der Waals surface area (Å²) < 4.78 is 0. The lowest BCUT2D eigenvalue weighted by molar-refractivity contribution is -0.139. The van der Waals surface area contributed by atoms with Crippen molar-refractivity contribution < 1.29 is 4.79 Å². The van der Waals surface area contributed by atoms with Gasteiger partial charge in [0.05, 0.1) is 10.7 Å². The summed E-state index contributed by atoms with van der Waals surface area (Å²) in [5.74, 6) is 0.643. The second-order valence-electron chi connectivity index (χ2n) is 6.12. The lowest BCUT2D eigenvalue weighted by Gasteiger charge is -2.40. The van der Waals surface area contributed by atoms with Crippen molar-refractivity contribution in [2.45, 2.75) is 38.1 Å². The summed E-state index contributed by atoms with van der Waals surface area (Å²) in [6.07, 6.45) is 8.85. The maximum atomic E-state index is 12.3. The highest BCUT2D eigenvalue weighted by Crippen LogP contribution is 2.31. The Balaban J connectivity index is 1.57. The molecule has 5 heteroatoms. The van der Waals surface area contributed by atoms with Crippen molar-refractivity contribution >= 4 is 23.2 Å². The Morgan fingerprint density at radius 3 is 2.62 bits per heavy atom. The summed E-state index contributed by atoms with van der Waals surface area (Å²) in [7, 11) is 1.97. The van der Waals surface area contributed by atoms with Crippen LogP contribution in [0.2, 0.25) is 5.02 Å². The molecular weight excluding hydrogens is 286 g/mol. The van der Waals surface area contributed by atoms with Gasteiger partial charge in [0.1, 0.15) is 0 Å². The van der Waals surface area contributed by atoms with Crippen LogP contribution in [0.3, 0.4) is 0 Å². The molecular formula is C16H22ClN3O. The van der Waals surface area contributed by atoms with Gasteiger partial charge in [-0.15, -0.1) is 0 Å². The standard InChI is InChI=1S/C16H22ClN3O/c1-19(16(21)12-3-2-4-12)13-6-9-20(10-7-13)15-5-8-18-11-14(15)17/h5,8,11-13H,2-4,6-7,9-10H2,1H3. The Morgan fingerprint density at radius 1 is 1.33 bits per heavy atom. The molecule has 0 radical (unpaired) electrons. The fourth-order valence-corrected chi connectivity index (χ4v) is 3.48. The molecule has 1 aromatic rings. The number of nitrogens with zero attached hydrogens (tertiary/aromatic N) is 3. The first kappa shape index (κ1) is 14.6. The predicted octanol–water partition coefficient (Wildman–Crippen LogP) is 2.96. The number of carbonyl (C=O) groups excluding carboxylic acids is 1. The number of hydrogen-bond donors (Lipinski definition) is 0. The van der Waals surface area contributed by atoms with Crippen LogP contribution in [0.4, 0.5) is 5.69 Å². The van der Waals surface area contributed by atoms with E-state index < -0.39 is 0 Å². The normalized spacial score (nSPS) is 20.2. The van der Waals surface area contributed by atoms with Gasteiger partial charge in [0, 0.05) is 44.5 Å². The van der Waals surface area contributed by atoms with Gasteiger partial charge in [0.15, 0.2) is 0 Å². The van der Waals surface area contributed by atoms with Crippen molar-refractivity contribution in [3.63, 3.8) is 0 Å². The summed E-state index contributed by atoms with van der Waals surface area (Å²) in [6, 6.07) is 2.33. The van der Waals surface area contributed by atoms with Gasteiger partial charge < -0.3 is 9.80 Å². The fourth-order valence-electron chi connectivity index (χ4n) is 3.24. The van der Waals surface area contributed by atoms with E-state index in [4.69, 9.17) is 11.6 Å². The predicted molar refractivity (Wildman–Crippen MR) is 84.6 cm³/mol. The molecule has 1 aromatic heterocycles. The molecule has 2 aliphatic rings. The van der Waals surface area contributed by atoms with Crippen LogP contribution >= 0.6 is 11.6 Å². The number of pyridine rings is 1. The van der Waals surface area contributed by atoms with E-state index in [2.05, 4.69) is 9.88 Å². The van der Waals surface area contributed by atoms with Gasteiger partial charge in [-0.25, -0.2) is 0 Å². The van der Waals surface area contributed by atoms with E-state index in [0.717, 1.165) is 44.5 Å². The molecule has 4 nitrogen and oxygen atoms in total. The van der Waals surface area contributed by atoms with Crippen molar-refractivity contribution in [2.24, 2.45) is 5.92 Å². The van der Waals surface area contributed by atoms with Crippen LogP contribution in [0, 0.1) is 5.92 Å². The number of halogens is 1. The average Bonchev–Trinajstić information content (AvgIpc) is 2.45. The van der Waals surface area contributed by atoms with Gasteiger partial charge in [0.2, 0.25) is 5.91 Å². The number of anilines is 1. The van der Waals surface area contributed by atoms with Crippen LogP contribution in [-0.4, -0.2) is 42.0 Å². The van der Waals surface area contributed by atoms with E-state index in [1.165, 1.54) is 6.42 Å². The first-order chi connectivity index (χ1) is 10.2. The molecule has 2 fully saturated rings. The van der Waals surface area contributed by atoms with Crippen molar-refractivity contribution in [3.05, 3.63) is 23.5 Å². The first-order valence-corrected chi connectivity index (χ1v) is 8.15. The molecule has 21 heavy (non-hydrogen) atoms. The maximum Gasteiger partial charge on any atom is 0.225 e. The monoisotopic (exact) mass is 307 g/mol. The van der Waals surface area contributed by atoms with E-state index in [-0.39, 0.29) is 0 Å². The highest BCUT2D eigenvalue weighted by molar-refractivity contribution is 6.33. The first-order valence-electron chi connectivity index (χ1n) is 7.78. The minimum absolute atomic E-state index is 0.294. The van der Waals surface area contributed by atoms with E-state index in [1.54, 1.807) is 12.4 Å². The van der Waals surface area contributed by atoms with Gasteiger partial charge in [-0.05, 0) is 31.7 Å². The van der Waals surface area contributed by atoms with Crippen molar-refractivity contribution in [1.82, 2.24) is 9.88 Å². The van der Waals surface area contributed by atoms with Crippen molar-refractivity contribution in [2.75, 3.05) is 25.0 Å². The third-order valence-electron chi connectivity index (χ3n) is 4.91. The molecule has 3 rings (SSSR count). The molecule has 0 spiro atoms. The Labute approximate surface area is 131 Å². The van der Waals surface area contributed by atoms with Crippen LogP contribution in [0.15, 0.2) is 18.5 Å². The second-order valence-corrected chi connectivity index (χ2v) is 6.53. The number of hydrogen-bond acceptors (Lipinski definition) is 3. The van der Waals surface area contributed by atoms with Crippen LogP contribution in [0.1, 0.15) is 32.1 Å². The zero-order valence-electron chi connectivity index (χ0n) is 12.5. The third-order valence-corrected chi connectivity index (χ3v) is 5.20. The number of aromatic nitrogens is 1. The molecule has 0 N–H and O–H groups in total. The molecule has 0 unspecified atom stereocenters. The van der Waals surface area contributed by atoms with Crippen molar-refractivity contribution in [3.8, 4) is 0 Å². The zero-order chi connectivity index (χ0) is 14.8. The Hall–Kier alpha value is -1.29. The number of piperidine rings is 1. The summed E-state index contributed by atoms with van der Waals surface area (Å²) in [5.41, 5.74) is 1.05. The topological polar surface area (TPSA) is 36.4 Å². The summed E-state index contributed by atoms with van der Waals surface area (Å²) in [6.45, 7) is 1.88. The van der Waals surface area contributed by atoms with Gasteiger partial charge >= 0.3 is 0 Å². The summed E-state index contributed by atoms with van der Waals surface area (Å²) in [4.78, 5) is 20.6. The van der Waals surface area contributed by atoms with Gasteiger partial charge in [0.25, 0.3) is 0 Å². The lowest BCUT2D eigenvalue weighted by atomic mass is 9.84. The van der Waals surface area contributed by atoms with Crippen LogP contribution in [-0.2, 0) is 4.79 Å². The quantitative estimate of drug-likeness (QED) is 0.861. The van der Waals surface area contributed by atoms with Gasteiger partial charge in [-0.1, -0.05) is 18.0 Å². The molecule has 1 aliphatic carbocycles. The molecule has 1 amide bonds. The van der Waals surface area contributed by atoms with Crippen molar-refractivity contribution in [1.29, 1.82) is 0 Å². The smallest absolute Gasteiger partial charge is 0.225 e. The highest BCUT2D eigenvalue weighted by atomic mass is 35.5. The fraction of sp³-hybridized carbons (Fsp3) is 0.625. The SMILES string of the molecule is CN(C(=O)C1CCC1)C1CCN(c2ccncc2Cl)CC1. The Bertz CT molecular complexity index is 510. The Kier molecular flexibility index (Phi) is 4.34. The maximum absolute atomic E-state index is 12.3. The molecule has 114 valence electrons. The highest BCUT2D eigenvalue weighted by Gasteiger charge is 2.32. The van der Waals surface area contributed by atoms with Gasteiger partial charge in [-0.3, -0.25) is 9.78 Å². The summed E-state index contributed by atoms with van der Waals surface area (Å²) in [5, 5.41) is 0.704. The Morgan fingerprint density at radius 2 is 2.05 bits per heavy atom. The number of carbonyl (C=O) groups is 1. The average molecular weight is 308 g/mol. The molecule has 0 aromatic carbocycles. The van der Waals surface area contributed by atoms with Crippen LogP contribution < -0.4 is 4.90 Å². The van der Waals surface area contributed by atoms with E-state index in [9.17, 15) is 4.79 Å². The largest absolute Gasteiger partial charge is 0.370 e. The molecule has 1 aliphatic heterocycles. The second kappa shape index (κ2) is 6.22. The lowest BCUT2D eigenvalue weighted by Crippen LogP contribution is -2.48. The zero-order valence-corrected chi connectivity index (χ0v) is 13.2. The van der Waals surface area contributed by atoms with E-state index in [1.807, 2.05) is 18.0 Å². The van der Waals surface area contributed by atoms with Gasteiger partial charge in [-0.2, -0.15) is 0 Å². The molecule has 2 heterocycles. The van der Waals surface area contributed by atoms with E-state index in [0.29, 0.717) is 22.9 Å².